The van der Waals surface area contributed by atoms with Gasteiger partial charge in [-0.05, 0) is 74.4 Å². The van der Waals surface area contributed by atoms with E-state index in [9.17, 15) is 13.2 Å². The molecule has 1 aromatic carbocycles. The average Bonchev–Trinajstić information content (AvgIpc) is 2.66. The minimum absolute atomic E-state index is 0. The second-order valence-corrected chi connectivity index (χ2v) is 10.2. The number of amides is 1. The highest BCUT2D eigenvalue weighted by atomic mass is 35.5. The number of hydrogen-bond acceptors (Lipinski definition) is 4. The Morgan fingerprint density at radius 2 is 1.82 bits per heavy atom. The fourth-order valence-electron chi connectivity index (χ4n) is 4.17. The van der Waals surface area contributed by atoms with Crippen LogP contribution >= 0.6 is 12.4 Å². The van der Waals surface area contributed by atoms with Crippen LogP contribution in [0.4, 0.5) is 0 Å². The molecule has 2 saturated heterocycles. The number of nitrogens with one attached hydrogen (secondary N) is 2. The highest BCUT2D eigenvalue weighted by molar-refractivity contribution is 7.89. The molecule has 2 N–H and O–H groups in total. The molecule has 28 heavy (non-hydrogen) atoms. The summed E-state index contributed by atoms with van der Waals surface area (Å²) in [4.78, 5) is 12.6. The SMILES string of the molecule is CC1CC(C)CN(S(=O)(=O)c2ccc(C(=O)NCC3CCCNC3)cc2)C1.Cl. The van der Waals surface area contributed by atoms with Crippen LogP contribution in [-0.2, 0) is 10.0 Å². The van der Waals surface area contributed by atoms with Crippen molar-refractivity contribution in [1.82, 2.24) is 14.9 Å². The standard InChI is InChI=1S/C20H31N3O3S.ClH/c1-15-10-16(2)14-23(13-15)27(25,26)19-7-5-18(6-8-19)20(24)22-12-17-4-3-9-21-11-17;/h5-8,15-17,21H,3-4,9-14H2,1-2H3,(H,22,24);1H. The van der Waals surface area contributed by atoms with E-state index in [0.29, 0.717) is 43.0 Å². The lowest BCUT2D eigenvalue weighted by molar-refractivity contribution is 0.0944. The first-order valence-corrected chi connectivity index (χ1v) is 11.4. The van der Waals surface area contributed by atoms with Crippen LogP contribution in [0.1, 0.15) is 43.5 Å². The molecule has 2 aliphatic rings. The molecule has 2 fully saturated rings. The maximum Gasteiger partial charge on any atom is 0.251 e. The summed E-state index contributed by atoms with van der Waals surface area (Å²) in [7, 11) is -3.51. The van der Waals surface area contributed by atoms with Crippen molar-refractivity contribution in [3.05, 3.63) is 29.8 Å². The van der Waals surface area contributed by atoms with Crippen molar-refractivity contribution in [1.29, 1.82) is 0 Å². The van der Waals surface area contributed by atoms with Crippen LogP contribution in [0, 0.1) is 17.8 Å². The van der Waals surface area contributed by atoms with E-state index in [2.05, 4.69) is 24.5 Å². The molecule has 3 atom stereocenters. The van der Waals surface area contributed by atoms with E-state index in [-0.39, 0.29) is 23.2 Å². The molecule has 0 radical (unpaired) electrons. The second-order valence-electron chi connectivity index (χ2n) is 8.21. The van der Waals surface area contributed by atoms with Gasteiger partial charge in [0.1, 0.15) is 0 Å². The molecule has 2 aliphatic heterocycles. The van der Waals surface area contributed by atoms with Gasteiger partial charge in [0, 0.05) is 25.2 Å². The van der Waals surface area contributed by atoms with E-state index in [1.54, 1.807) is 28.6 Å². The van der Waals surface area contributed by atoms with Crippen molar-refractivity contribution in [3.8, 4) is 0 Å². The predicted molar refractivity (Wildman–Crippen MR) is 113 cm³/mol. The van der Waals surface area contributed by atoms with Gasteiger partial charge in [-0.25, -0.2) is 8.42 Å². The number of piperidine rings is 2. The Morgan fingerprint density at radius 3 is 2.39 bits per heavy atom. The highest BCUT2D eigenvalue weighted by Gasteiger charge is 2.31. The van der Waals surface area contributed by atoms with Gasteiger partial charge in [0.2, 0.25) is 10.0 Å². The largest absolute Gasteiger partial charge is 0.352 e. The maximum atomic E-state index is 12.9. The van der Waals surface area contributed by atoms with Gasteiger partial charge in [0.25, 0.3) is 5.91 Å². The first-order valence-electron chi connectivity index (χ1n) is 9.95. The quantitative estimate of drug-likeness (QED) is 0.753. The van der Waals surface area contributed by atoms with Crippen LogP contribution in [0.5, 0.6) is 0 Å². The number of nitrogens with zero attached hydrogens (tertiary/aromatic N) is 1. The molecular weight excluding hydrogens is 398 g/mol. The monoisotopic (exact) mass is 429 g/mol. The van der Waals surface area contributed by atoms with Crippen molar-refractivity contribution >= 4 is 28.3 Å². The predicted octanol–water partition coefficient (Wildman–Crippen LogP) is 2.50. The Balaban J connectivity index is 0.00000280. The van der Waals surface area contributed by atoms with E-state index in [0.717, 1.165) is 32.4 Å². The zero-order chi connectivity index (χ0) is 19.4. The van der Waals surface area contributed by atoms with E-state index in [1.165, 1.54) is 0 Å². The zero-order valence-electron chi connectivity index (χ0n) is 16.7. The summed E-state index contributed by atoms with van der Waals surface area (Å²) < 4.78 is 27.4. The van der Waals surface area contributed by atoms with Gasteiger partial charge in [0.05, 0.1) is 4.90 Å². The minimum Gasteiger partial charge on any atom is -0.352 e. The third kappa shape index (κ3) is 5.69. The Kier molecular flexibility index (Phi) is 8.30. The lowest BCUT2D eigenvalue weighted by Crippen LogP contribution is -2.42. The van der Waals surface area contributed by atoms with E-state index in [4.69, 9.17) is 0 Å². The molecule has 2 heterocycles. The number of halogens is 1. The smallest absolute Gasteiger partial charge is 0.251 e. The van der Waals surface area contributed by atoms with Crippen LogP contribution in [0.2, 0.25) is 0 Å². The average molecular weight is 430 g/mol. The van der Waals surface area contributed by atoms with Crippen molar-refractivity contribution in [2.75, 3.05) is 32.7 Å². The number of carbonyl (C=O) groups is 1. The van der Waals surface area contributed by atoms with Crippen LogP contribution in [0.15, 0.2) is 29.2 Å². The van der Waals surface area contributed by atoms with Crippen molar-refractivity contribution < 1.29 is 13.2 Å². The zero-order valence-corrected chi connectivity index (χ0v) is 18.3. The van der Waals surface area contributed by atoms with Crippen LogP contribution in [0.25, 0.3) is 0 Å². The molecule has 0 bridgehead atoms. The van der Waals surface area contributed by atoms with Gasteiger partial charge < -0.3 is 10.6 Å². The molecule has 3 unspecified atom stereocenters. The van der Waals surface area contributed by atoms with Crippen molar-refractivity contribution in [2.24, 2.45) is 17.8 Å². The number of rotatable bonds is 5. The highest BCUT2D eigenvalue weighted by Crippen LogP contribution is 2.26. The normalized spacial score (nSPS) is 26.3. The Labute approximate surface area is 174 Å². The van der Waals surface area contributed by atoms with Gasteiger partial charge in [-0.15, -0.1) is 12.4 Å². The minimum atomic E-state index is -3.51. The van der Waals surface area contributed by atoms with Gasteiger partial charge in [0.15, 0.2) is 0 Å². The summed E-state index contributed by atoms with van der Waals surface area (Å²) in [5.41, 5.74) is 0.498. The van der Waals surface area contributed by atoms with E-state index >= 15 is 0 Å². The third-order valence-electron chi connectivity index (χ3n) is 5.54. The third-order valence-corrected chi connectivity index (χ3v) is 7.39. The Morgan fingerprint density at radius 1 is 1.18 bits per heavy atom. The van der Waals surface area contributed by atoms with Crippen molar-refractivity contribution in [3.63, 3.8) is 0 Å². The fraction of sp³-hybridized carbons (Fsp3) is 0.650. The number of benzene rings is 1. The second kappa shape index (κ2) is 10.1. The molecule has 0 saturated carbocycles. The van der Waals surface area contributed by atoms with E-state index < -0.39 is 10.0 Å². The van der Waals surface area contributed by atoms with Crippen molar-refractivity contribution in [2.45, 2.75) is 38.0 Å². The van der Waals surface area contributed by atoms with Gasteiger partial charge in [-0.1, -0.05) is 13.8 Å². The summed E-state index contributed by atoms with van der Waals surface area (Å²) in [6, 6.07) is 6.32. The molecule has 0 aromatic heterocycles. The lowest BCUT2D eigenvalue weighted by atomic mass is 9.94. The first-order chi connectivity index (χ1) is 12.9. The lowest BCUT2D eigenvalue weighted by Gasteiger charge is -2.34. The molecule has 1 amide bonds. The molecular formula is C20H32ClN3O3S. The molecule has 3 rings (SSSR count). The summed E-state index contributed by atoms with van der Waals surface area (Å²) in [6.07, 6.45) is 3.32. The van der Waals surface area contributed by atoms with Gasteiger partial charge in [-0.2, -0.15) is 4.31 Å². The number of hydrogen-bond donors (Lipinski definition) is 2. The van der Waals surface area contributed by atoms with Gasteiger partial charge in [-0.3, -0.25) is 4.79 Å². The molecule has 1 aromatic rings. The summed E-state index contributed by atoms with van der Waals surface area (Å²) in [5.74, 6) is 1.04. The molecule has 6 nitrogen and oxygen atoms in total. The first kappa shape index (κ1) is 23.1. The Hall–Kier alpha value is -1.15. The topological polar surface area (TPSA) is 78.5 Å². The molecule has 0 aliphatic carbocycles. The Bertz CT molecular complexity index is 738. The maximum absolute atomic E-state index is 12.9. The molecule has 0 spiro atoms. The molecule has 8 heteroatoms. The molecule has 158 valence electrons. The van der Waals surface area contributed by atoms with Crippen LogP contribution in [0.3, 0.4) is 0 Å². The van der Waals surface area contributed by atoms with Gasteiger partial charge >= 0.3 is 0 Å². The summed E-state index contributed by atoms with van der Waals surface area (Å²) >= 11 is 0. The van der Waals surface area contributed by atoms with E-state index in [1.807, 2.05) is 0 Å². The number of sulfonamides is 1. The fourth-order valence-corrected chi connectivity index (χ4v) is 5.85. The van der Waals surface area contributed by atoms with Crippen LogP contribution in [-0.4, -0.2) is 51.4 Å². The van der Waals surface area contributed by atoms with Crippen LogP contribution < -0.4 is 10.6 Å². The number of carbonyl (C=O) groups excluding carboxylic acids is 1. The summed E-state index contributed by atoms with van der Waals surface area (Å²) in [5, 5.41) is 6.30. The summed E-state index contributed by atoms with van der Waals surface area (Å²) in [6.45, 7) is 7.93.